The Balaban J connectivity index is 1.92. The van der Waals surface area contributed by atoms with E-state index in [4.69, 9.17) is 3.07 Å². The van der Waals surface area contributed by atoms with Crippen LogP contribution in [0.2, 0.25) is 0 Å². The van der Waals surface area contributed by atoms with Crippen LogP contribution in [0.5, 0.6) is 0 Å². The van der Waals surface area contributed by atoms with Crippen molar-refractivity contribution in [2.75, 3.05) is 0 Å². The molecule has 3 heteroatoms. The van der Waals surface area contributed by atoms with Crippen molar-refractivity contribution < 1.29 is 7.86 Å². The molecule has 0 heterocycles. The minimum atomic E-state index is -0.134. The first kappa shape index (κ1) is 19.2. The van der Waals surface area contributed by atoms with Gasteiger partial charge in [0.25, 0.3) is 0 Å². The Morgan fingerprint density at radius 2 is 2.04 bits per heavy atom. The average molecular weight is 430 g/mol. The number of halogens is 1. The summed E-state index contributed by atoms with van der Waals surface area (Å²) in [5, 5.41) is 0. The van der Waals surface area contributed by atoms with Gasteiger partial charge >= 0.3 is 0 Å². The van der Waals surface area contributed by atoms with Gasteiger partial charge in [-0.3, -0.25) is 4.79 Å². The second-order valence-electron chi connectivity index (χ2n) is 7.52. The second kappa shape index (κ2) is 8.28. The van der Waals surface area contributed by atoms with Crippen LogP contribution in [0.15, 0.2) is 24.3 Å². The molecule has 0 N–H and O–H groups in total. The van der Waals surface area contributed by atoms with Crippen molar-refractivity contribution in [1.82, 2.24) is 0 Å². The van der Waals surface area contributed by atoms with E-state index in [0.29, 0.717) is 17.6 Å². The number of hydrogen-bond acceptors (Lipinski definition) is 2. The zero-order valence-electron chi connectivity index (χ0n) is 14.8. The van der Waals surface area contributed by atoms with Crippen LogP contribution in [0.25, 0.3) is 0 Å². The van der Waals surface area contributed by atoms with Gasteiger partial charge in [0.1, 0.15) is 28.8 Å². The van der Waals surface area contributed by atoms with E-state index in [9.17, 15) is 4.79 Å². The molecule has 0 radical (unpaired) electrons. The molecule has 2 saturated carbocycles. The highest BCUT2D eigenvalue weighted by atomic mass is 127. The largest absolute Gasteiger partial charge is 0.305 e. The number of Topliss-reactive ketones (excluding diaryl/α,β-unsaturated/α-hetero) is 1. The van der Waals surface area contributed by atoms with Gasteiger partial charge < -0.3 is 3.07 Å². The first-order valence-electron chi connectivity index (χ1n) is 9.18. The molecular weight excluding hydrogens is 399 g/mol. The van der Waals surface area contributed by atoms with E-state index in [1.807, 2.05) is 23.0 Å². The summed E-state index contributed by atoms with van der Waals surface area (Å²) >= 11 is 2.01. The lowest BCUT2D eigenvalue weighted by atomic mass is 9.64. The zero-order chi connectivity index (χ0) is 16.9. The quantitative estimate of drug-likeness (QED) is 0.355. The Labute approximate surface area is 155 Å². The molecule has 0 aromatic rings. The van der Waals surface area contributed by atoms with Gasteiger partial charge in [-0.1, -0.05) is 45.1 Å². The van der Waals surface area contributed by atoms with Gasteiger partial charge in [-0.2, -0.15) is 0 Å². The van der Waals surface area contributed by atoms with Crippen LogP contribution < -0.4 is 0 Å². The third-order valence-corrected chi connectivity index (χ3v) is 7.36. The Morgan fingerprint density at radius 1 is 1.30 bits per heavy atom. The van der Waals surface area contributed by atoms with Gasteiger partial charge in [0.05, 0.1) is 5.60 Å². The van der Waals surface area contributed by atoms with E-state index in [2.05, 4.69) is 45.1 Å². The van der Waals surface area contributed by atoms with E-state index in [-0.39, 0.29) is 11.0 Å². The van der Waals surface area contributed by atoms with Gasteiger partial charge in [-0.25, -0.2) is 0 Å². The van der Waals surface area contributed by atoms with E-state index < -0.39 is 0 Å². The topological polar surface area (TPSA) is 26.3 Å². The fourth-order valence-corrected chi connectivity index (χ4v) is 5.37. The minimum Gasteiger partial charge on any atom is -0.305 e. The van der Waals surface area contributed by atoms with Crippen molar-refractivity contribution in [1.29, 1.82) is 0 Å². The lowest BCUT2D eigenvalue weighted by molar-refractivity contribution is -0.129. The van der Waals surface area contributed by atoms with Crippen molar-refractivity contribution >= 4 is 28.8 Å². The zero-order valence-corrected chi connectivity index (χ0v) is 17.0. The van der Waals surface area contributed by atoms with Gasteiger partial charge in [-0.15, -0.1) is 0 Å². The molecule has 23 heavy (non-hydrogen) atoms. The summed E-state index contributed by atoms with van der Waals surface area (Å²) in [4.78, 5) is 12.2. The molecule has 0 amide bonds. The van der Waals surface area contributed by atoms with Crippen LogP contribution in [0.4, 0.5) is 0 Å². The summed E-state index contributed by atoms with van der Waals surface area (Å²) in [6.07, 6.45) is 17.3. The lowest BCUT2D eigenvalue weighted by Crippen LogP contribution is -2.37. The maximum atomic E-state index is 12.2. The number of rotatable bonds is 7. The fourth-order valence-electron chi connectivity index (χ4n) is 4.60. The van der Waals surface area contributed by atoms with E-state index in [0.717, 1.165) is 38.5 Å². The third-order valence-electron chi connectivity index (χ3n) is 6.48. The predicted molar refractivity (Wildman–Crippen MR) is 104 cm³/mol. The molecule has 0 spiro atoms. The molecule has 2 rings (SSSR count). The summed E-state index contributed by atoms with van der Waals surface area (Å²) in [7, 11) is 0. The molecule has 0 aromatic carbocycles. The first-order chi connectivity index (χ1) is 11.0. The van der Waals surface area contributed by atoms with Crippen LogP contribution in [0.3, 0.4) is 0 Å². The van der Waals surface area contributed by atoms with Crippen molar-refractivity contribution in [3.63, 3.8) is 0 Å². The molecule has 2 nitrogen and oxygen atoms in total. The predicted octanol–water partition coefficient (Wildman–Crippen LogP) is 6.20. The highest BCUT2D eigenvalue weighted by Gasteiger charge is 2.50. The summed E-state index contributed by atoms with van der Waals surface area (Å²) in [5.74, 6) is 1.54. The standard InChI is InChI=1S/C20H31IO2/c1-4-20(5-2,23-21)15-8-6-7-10-16-12-13-17-18(22)11-9-14-19(16,17)3/h6-8,15-17H,4-5,9-14H2,1-3H3/b7-6+,15-8+. The Bertz CT molecular complexity index is 456. The Kier molecular flexibility index (Phi) is 6.90. The van der Waals surface area contributed by atoms with Gasteiger partial charge in [-0.05, 0) is 56.3 Å². The maximum absolute atomic E-state index is 12.2. The highest BCUT2D eigenvalue weighted by molar-refractivity contribution is 14.1. The summed E-state index contributed by atoms with van der Waals surface area (Å²) < 4.78 is 5.63. The number of carbonyl (C=O) groups is 1. The number of ketones is 1. The molecule has 0 aliphatic heterocycles. The van der Waals surface area contributed by atoms with E-state index in [1.54, 1.807) is 0 Å². The average Bonchev–Trinajstić information content (AvgIpc) is 2.89. The molecular formula is C20H31IO2. The Hall–Kier alpha value is -0.160. The Morgan fingerprint density at radius 3 is 2.70 bits per heavy atom. The van der Waals surface area contributed by atoms with Crippen LogP contribution in [-0.2, 0) is 7.86 Å². The smallest absolute Gasteiger partial charge is 0.136 e. The van der Waals surface area contributed by atoms with Gasteiger partial charge in [0.2, 0.25) is 0 Å². The second-order valence-corrected chi connectivity index (χ2v) is 7.96. The number of carbonyl (C=O) groups excluding carboxylic acids is 1. The highest BCUT2D eigenvalue weighted by Crippen LogP contribution is 2.55. The molecule has 2 fully saturated rings. The van der Waals surface area contributed by atoms with E-state index in [1.165, 1.54) is 12.8 Å². The minimum absolute atomic E-state index is 0.134. The van der Waals surface area contributed by atoms with Crippen molar-refractivity contribution in [3.8, 4) is 0 Å². The molecule has 130 valence electrons. The SMILES string of the molecule is CCC(/C=C/C=C/CC1CCC2C(=O)CCCC12C)(CC)OI. The van der Waals surface area contributed by atoms with Crippen LogP contribution in [0, 0.1) is 17.3 Å². The lowest BCUT2D eigenvalue weighted by Gasteiger charge is -2.39. The summed E-state index contributed by atoms with van der Waals surface area (Å²) in [5.41, 5.74) is 0.121. The van der Waals surface area contributed by atoms with Crippen molar-refractivity contribution in [2.24, 2.45) is 17.3 Å². The molecule has 3 unspecified atom stereocenters. The van der Waals surface area contributed by atoms with Crippen LogP contribution in [-0.4, -0.2) is 11.4 Å². The number of fused-ring (bicyclic) bond motifs is 1. The van der Waals surface area contributed by atoms with Gasteiger partial charge in [0.15, 0.2) is 0 Å². The fraction of sp³-hybridized carbons (Fsp3) is 0.750. The molecule has 0 aromatic heterocycles. The molecule has 3 atom stereocenters. The summed E-state index contributed by atoms with van der Waals surface area (Å²) in [6.45, 7) is 6.69. The molecule has 0 bridgehead atoms. The number of allylic oxidation sites excluding steroid dienone is 3. The van der Waals surface area contributed by atoms with Gasteiger partial charge in [0, 0.05) is 12.3 Å². The molecule has 0 saturated heterocycles. The maximum Gasteiger partial charge on any atom is 0.136 e. The first-order valence-corrected chi connectivity index (χ1v) is 10.1. The molecule has 2 aliphatic rings. The van der Waals surface area contributed by atoms with E-state index >= 15 is 0 Å². The monoisotopic (exact) mass is 430 g/mol. The summed E-state index contributed by atoms with van der Waals surface area (Å²) in [6, 6.07) is 0. The normalized spacial score (nSPS) is 32.1. The molecule has 2 aliphatic carbocycles. The van der Waals surface area contributed by atoms with Crippen LogP contribution in [0.1, 0.15) is 72.1 Å². The van der Waals surface area contributed by atoms with Crippen molar-refractivity contribution in [2.45, 2.75) is 77.7 Å². The third kappa shape index (κ3) is 4.09. The van der Waals surface area contributed by atoms with Crippen LogP contribution >= 0.6 is 23.0 Å². The van der Waals surface area contributed by atoms with Crippen molar-refractivity contribution in [3.05, 3.63) is 24.3 Å². The number of hydrogen-bond donors (Lipinski definition) is 0.